The van der Waals surface area contributed by atoms with Gasteiger partial charge in [-0.1, -0.05) is 6.92 Å². The van der Waals surface area contributed by atoms with Gasteiger partial charge in [0.1, 0.15) is 5.69 Å². The van der Waals surface area contributed by atoms with Gasteiger partial charge < -0.3 is 10.6 Å². The Bertz CT molecular complexity index is 581. The molecule has 2 N–H and O–H groups in total. The van der Waals surface area contributed by atoms with E-state index in [2.05, 4.69) is 20.9 Å². The lowest BCUT2D eigenvalue weighted by molar-refractivity contribution is 0.0982. The highest BCUT2D eigenvalue weighted by atomic mass is 79.9. The molecule has 1 aromatic carbocycles. The minimum atomic E-state index is -0.107. The second-order valence-corrected chi connectivity index (χ2v) is 5.33. The van der Waals surface area contributed by atoms with Crippen molar-refractivity contribution in [3.05, 3.63) is 52.8 Å². The molecule has 0 fully saturated rings. The van der Waals surface area contributed by atoms with Crippen molar-refractivity contribution in [1.29, 1.82) is 0 Å². The second-order valence-electron chi connectivity index (χ2n) is 4.41. The Morgan fingerprint density at radius 1 is 1.25 bits per heavy atom. The van der Waals surface area contributed by atoms with E-state index in [4.69, 9.17) is 5.73 Å². The molecule has 20 heavy (non-hydrogen) atoms. The monoisotopic (exact) mass is 333 g/mol. The minimum absolute atomic E-state index is 0.107. The number of halogens is 1. The molecule has 0 spiro atoms. The van der Waals surface area contributed by atoms with E-state index in [1.165, 1.54) is 0 Å². The van der Waals surface area contributed by atoms with Gasteiger partial charge in [-0.15, -0.1) is 0 Å². The molecule has 2 aromatic rings. The highest BCUT2D eigenvalue weighted by Crippen LogP contribution is 2.19. The van der Waals surface area contributed by atoms with Crippen LogP contribution in [0.4, 0.5) is 11.4 Å². The first-order valence-electron chi connectivity index (χ1n) is 6.40. The molecule has 0 saturated carbocycles. The van der Waals surface area contributed by atoms with Gasteiger partial charge in [0.25, 0.3) is 5.91 Å². The number of pyridine rings is 1. The minimum Gasteiger partial charge on any atom is -0.399 e. The van der Waals surface area contributed by atoms with Crippen LogP contribution in [0.1, 0.15) is 23.8 Å². The molecular weight excluding hydrogens is 318 g/mol. The number of hydrogen-bond donors (Lipinski definition) is 1. The van der Waals surface area contributed by atoms with Crippen LogP contribution in [0.5, 0.6) is 0 Å². The highest BCUT2D eigenvalue weighted by molar-refractivity contribution is 9.10. The van der Waals surface area contributed by atoms with E-state index in [1.807, 2.05) is 25.1 Å². The summed E-state index contributed by atoms with van der Waals surface area (Å²) in [4.78, 5) is 18.4. The molecule has 104 valence electrons. The molecule has 5 heteroatoms. The van der Waals surface area contributed by atoms with E-state index < -0.39 is 0 Å². The van der Waals surface area contributed by atoms with Crippen LogP contribution in [0.15, 0.2) is 47.1 Å². The first-order chi connectivity index (χ1) is 9.61. The Morgan fingerprint density at radius 2 is 1.95 bits per heavy atom. The van der Waals surface area contributed by atoms with Crippen LogP contribution in [0.3, 0.4) is 0 Å². The van der Waals surface area contributed by atoms with Crippen LogP contribution in [0.2, 0.25) is 0 Å². The van der Waals surface area contributed by atoms with Crippen molar-refractivity contribution in [2.45, 2.75) is 13.3 Å². The lowest BCUT2D eigenvalue weighted by atomic mass is 10.2. The summed E-state index contributed by atoms with van der Waals surface area (Å²) in [5.74, 6) is -0.107. The zero-order valence-corrected chi connectivity index (χ0v) is 12.8. The van der Waals surface area contributed by atoms with Crippen LogP contribution in [0, 0.1) is 0 Å². The van der Waals surface area contributed by atoms with Gasteiger partial charge in [0.15, 0.2) is 0 Å². The van der Waals surface area contributed by atoms with Crippen LogP contribution in [0.25, 0.3) is 0 Å². The molecule has 0 radical (unpaired) electrons. The van der Waals surface area contributed by atoms with Crippen molar-refractivity contribution in [2.24, 2.45) is 0 Å². The Hall–Kier alpha value is -1.88. The summed E-state index contributed by atoms with van der Waals surface area (Å²) < 4.78 is 0.851. The van der Waals surface area contributed by atoms with Crippen molar-refractivity contribution < 1.29 is 4.79 Å². The van der Waals surface area contributed by atoms with Crippen molar-refractivity contribution in [3.63, 3.8) is 0 Å². The first kappa shape index (κ1) is 14.5. The van der Waals surface area contributed by atoms with E-state index in [0.717, 1.165) is 16.6 Å². The average Bonchev–Trinajstić information content (AvgIpc) is 2.46. The normalized spacial score (nSPS) is 10.3. The van der Waals surface area contributed by atoms with Gasteiger partial charge in [0.2, 0.25) is 0 Å². The molecule has 0 unspecified atom stereocenters. The summed E-state index contributed by atoms with van der Waals surface area (Å²) >= 11 is 3.31. The van der Waals surface area contributed by atoms with E-state index >= 15 is 0 Å². The van der Waals surface area contributed by atoms with Gasteiger partial charge >= 0.3 is 0 Å². The van der Waals surface area contributed by atoms with Crippen molar-refractivity contribution in [1.82, 2.24) is 4.98 Å². The fraction of sp³-hybridized carbons (Fsp3) is 0.200. The summed E-state index contributed by atoms with van der Waals surface area (Å²) in [7, 11) is 0. The van der Waals surface area contributed by atoms with Crippen molar-refractivity contribution >= 4 is 33.2 Å². The number of amides is 1. The molecule has 0 bridgehead atoms. The third-order valence-corrected chi connectivity index (χ3v) is 3.31. The third kappa shape index (κ3) is 3.36. The zero-order valence-electron chi connectivity index (χ0n) is 11.2. The molecule has 0 aliphatic rings. The second kappa shape index (κ2) is 6.52. The van der Waals surface area contributed by atoms with Gasteiger partial charge in [-0.2, -0.15) is 0 Å². The first-order valence-corrected chi connectivity index (χ1v) is 7.20. The number of hydrogen-bond acceptors (Lipinski definition) is 3. The van der Waals surface area contributed by atoms with E-state index in [1.54, 1.807) is 29.3 Å². The standard InChI is InChI=1S/C15H16BrN3O/c1-2-9-19(13-6-4-12(17)5-7-13)15(20)14-8-3-11(16)10-18-14/h3-8,10H,2,9,17H2,1H3. The topological polar surface area (TPSA) is 59.2 Å². The highest BCUT2D eigenvalue weighted by Gasteiger charge is 2.17. The maximum absolute atomic E-state index is 12.5. The molecule has 0 aliphatic heterocycles. The maximum atomic E-state index is 12.5. The molecule has 0 atom stereocenters. The molecule has 0 saturated heterocycles. The van der Waals surface area contributed by atoms with Crippen LogP contribution in [-0.2, 0) is 0 Å². The summed E-state index contributed by atoms with van der Waals surface area (Å²) in [5, 5.41) is 0. The fourth-order valence-corrected chi connectivity index (χ4v) is 2.10. The van der Waals surface area contributed by atoms with Crippen LogP contribution >= 0.6 is 15.9 Å². The number of carbonyl (C=O) groups excluding carboxylic acids is 1. The van der Waals surface area contributed by atoms with E-state index in [9.17, 15) is 4.79 Å². The van der Waals surface area contributed by atoms with E-state index in [0.29, 0.717) is 17.9 Å². The molecule has 1 aromatic heterocycles. The number of nitrogens with zero attached hydrogens (tertiary/aromatic N) is 2. The van der Waals surface area contributed by atoms with Gasteiger partial charge in [0.05, 0.1) is 0 Å². The molecule has 2 rings (SSSR count). The molecule has 1 amide bonds. The summed E-state index contributed by atoms with van der Waals surface area (Å²) in [5.41, 5.74) is 7.62. The molecule has 0 aliphatic carbocycles. The lowest BCUT2D eigenvalue weighted by Crippen LogP contribution is -2.32. The van der Waals surface area contributed by atoms with Gasteiger partial charge in [-0.25, -0.2) is 4.98 Å². The largest absolute Gasteiger partial charge is 0.399 e. The van der Waals surface area contributed by atoms with E-state index in [-0.39, 0.29) is 5.91 Å². The number of aromatic nitrogens is 1. The smallest absolute Gasteiger partial charge is 0.276 e. The maximum Gasteiger partial charge on any atom is 0.276 e. The Kier molecular flexibility index (Phi) is 4.74. The quantitative estimate of drug-likeness (QED) is 0.871. The summed E-state index contributed by atoms with van der Waals surface area (Å²) in [6.45, 7) is 2.67. The predicted molar refractivity (Wildman–Crippen MR) is 84.8 cm³/mol. The number of rotatable bonds is 4. The number of nitrogens with two attached hydrogens (primary N) is 1. The third-order valence-electron chi connectivity index (χ3n) is 2.84. The van der Waals surface area contributed by atoms with Crippen molar-refractivity contribution in [2.75, 3.05) is 17.2 Å². The number of benzene rings is 1. The van der Waals surface area contributed by atoms with Gasteiger partial charge in [-0.3, -0.25) is 4.79 Å². The molecular formula is C15H16BrN3O. The van der Waals surface area contributed by atoms with Gasteiger partial charge in [-0.05, 0) is 58.7 Å². The number of nitrogen functional groups attached to an aromatic ring is 1. The summed E-state index contributed by atoms with van der Waals surface area (Å²) in [6, 6.07) is 10.8. The van der Waals surface area contributed by atoms with Crippen LogP contribution < -0.4 is 10.6 Å². The Balaban J connectivity index is 2.30. The molecule has 4 nitrogen and oxygen atoms in total. The fourth-order valence-electron chi connectivity index (χ4n) is 1.87. The average molecular weight is 334 g/mol. The number of carbonyl (C=O) groups is 1. The van der Waals surface area contributed by atoms with Crippen molar-refractivity contribution in [3.8, 4) is 0 Å². The lowest BCUT2D eigenvalue weighted by Gasteiger charge is -2.22. The summed E-state index contributed by atoms with van der Waals surface area (Å²) in [6.07, 6.45) is 2.49. The number of anilines is 2. The molecule has 1 heterocycles. The Labute approximate surface area is 126 Å². The Morgan fingerprint density at radius 3 is 2.50 bits per heavy atom. The SMILES string of the molecule is CCCN(C(=O)c1ccc(Br)cn1)c1ccc(N)cc1. The zero-order chi connectivity index (χ0) is 14.5. The predicted octanol–water partition coefficient (Wildman–Crippen LogP) is 3.48. The van der Waals surface area contributed by atoms with Gasteiger partial charge in [0, 0.05) is 28.6 Å². The van der Waals surface area contributed by atoms with Crippen LogP contribution in [-0.4, -0.2) is 17.4 Å².